The van der Waals surface area contributed by atoms with E-state index < -0.39 is 5.82 Å². The van der Waals surface area contributed by atoms with Crippen LogP contribution in [0.25, 0.3) is 11.4 Å². The lowest BCUT2D eigenvalue weighted by molar-refractivity contribution is 0.0728. The maximum atomic E-state index is 14.0. The van der Waals surface area contributed by atoms with E-state index in [1.807, 2.05) is 12.1 Å². The van der Waals surface area contributed by atoms with E-state index in [0.29, 0.717) is 35.4 Å². The highest BCUT2D eigenvalue weighted by molar-refractivity contribution is 6.31. The number of nitrogens with zero attached hydrogens (tertiary/aromatic N) is 3. The lowest BCUT2D eigenvalue weighted by Gasteiger charge is -2.28. The molecule has 3 aromatic rings. The molecule has 2 aromatic carbocycles. The molecule has 0 N–H and O–H groups in total. The second-order valence-electron chi connectivity index (χ2n) is 6.27. The first-order chi connectivity index (χ1) is 13.0. The first-order valence-electron chi connectivity index (χ1n) is 8.36. The molecular formula is C20H14Cl2FN3O. The third-order valence-electron chi connectivity index (χ3n) is 4.48. The van der Waals surface area contributed by atoms with Gasteiger partial charge in [-0.05, 0) is 42.5 Å². The Morgan fingerprint density at radius 2 is 1.81 bits per heavy atom. The van der Waals surface area contributed by atoms with E-state index in [9.17, 15) is 9.18 Å². The zero-order valence-electron chi connectivity index (χ0n) is 14.1. The molecular weight excluding hydrogens is 388 g/mol. The van der Waals surface area contributed by atoms with Gasteiger partial charge in [0.15, 0.2) is 5.82 Å². The van der Waals surface area contributed by atoms with Crippen molar-refractivity contribution in [3.63, 3.8) is 0 Å². The van der Waals surface area contributed by atoms with Crippen molar-refractivity contribution in [1.29, 1.82) is 0 Å². The molecule has 1 aromatic heterocycles. The maximum Gasteiger partial charge on any atom is 0.257 e. The molecule has 0 bridgehead atoms. The Morgan fingerprint density at radius 3 is 2.59 bits per heavy atom. The highest BCUT2D eigenvalue weighted by Crippen LogP contribution is 2.24. The van der Waals surface area contributed by atoms with Crippen LogP contribution < -0.4 is 0 Å². The molecule has 1 aliphatic rings. The van der Waals surface area contributed by atoms with E-state index in [1.165, 1.54) is 18.2 Å². The average molecular weight is 402 g/mol. The predicted molar refractivity (Wildman–Crippen MR) is 102 cm³/mol. The van der Waals surface area contributed by atoms with Crippen molar-refractivity contribution in [2.24, 2.45) is 0 Å². The summed E-state index contributed by atoms with van der Waals surface area (Å²) in [6.07, 6.45) is 2.30. The molecule has 27 heavy (non-hydrogen) atoms. The molecule has 136 valence electrons. The molecule has 1 amide bonds. The summed E-state index contributed by atoms with van der Waals surface area (Å²) in [6.45, 7) is 0.788. The van der Waals surface area contributed by atoms with E-state index >= 15 is 0 Å². The van der Waals surface area contributed by atoms with Crippen molar-refractivity contribution in [2.45, 2.75) is 13.0 Å². The summed E-state index contributed by atoms with van der Waals surface area (Å²) in [5.74, 6) is -0.349. The minimum Gasteiger partial charge on any atom is -0.334 e. The van der Waals surface area contributed by atoms with Crippen LogP contribution in [-0.4, -0.2) is 27.3 Å². The minimum absolute atomic E-state index is 0.0235. The van der Waals surface area contributed by atoms with Gasteiger partial charge in [0, 0.05) is 46.9 Å². The number of fused-ring (bicyclic) bond motifs is 1. The summed E-state index contributed by atoms with van der Waals surface area (Å²) in [4.78, 5) is 23.3. The Hall–Kier alpha value is -2.50. The number of amides is 1. The largest absolute Gasteiger partial charge is 0.334 e. The molecule has 1 aliphatic heterocycles. The van der Waals surface area contributed by atoms with E-state index in [-0.39, 0.29) is 11.5 Å². The zero-order chi connectivity index (χ0) is 19.0. The molecule has 0 radical (unpaired) electrons. The van der Waals surface area contributed by atoms with Gasteiger partial charge in [-0.15, -0.1) is 0 Å². The van der Waals surface area contributed by atoms with Crippen LogP contribution in [0.1, 0.15) is 21.6 Å². The van der Waals surface area contributed by atoms with Crippen molar-refractivity contribution in [2.75, 3.05) is 6.54 Å². The van der Waals surface area contributed by atoms with Gasteiger partial charge in [-0.3, -0.25) is 4.79 Å². The molecule has 0 fully saturated rings. The monoisotopic (exact) mass is 401 g/mol. The first kappa shape index (κ1) is 17.9. The SMILES string of the molecule is O=C(c1cc(Cl)ccc1F)N1CCc2nc(-c3ccc(Cl)cc3)ncc2C1. The number of benzene rings is 2. The molecule has 0 aliphatic carbocycles. The summed E-state index contributed by atoms with van der Waals surface area (Å²) in [5.41, 5.74) is 2.60. The Labute approximate surface area is 165 Å². The van der Waals surface area contributed by atoms with Crippen LogP contribution in [0.2, 0.25) is 10.0 Å². The molecule has 0 atom stereocenters. The number of rotatable bonds is 2. The standard InChI is InChI=1S/C20H14Cl2FN3O/c21-14-3-1-12(2-4-14)19-24-10-13-11-26(8-7-18(13)25-19)20(27)16-9-15(22)5-6-17(16)23/h1-6,9-10H,7-8,11H2. The van der Waals surface area contributed by atoms with E-state index in [4.69, 9.17) is 23.2 Å². The van der Waals surface area contributed by atoms with E-state index in [2.05, 4.69) is 9.97 Å². The molecule has 0 saturated carbocycles. The van der Waals surface area contributed by atoms with Gasteiger partial charge < -0.3 is 4.90 Å². The molecule has 0 spiro atoms. The summed E-state index contributed by atoms with van der Waals surface area (Å²) in [7, 11) is 0. The van der Waals surface area contributed by atoms with Gasteiger partial charge >= 0.3 is 0 Å². The molecule has 2 heterocycles. The fraction of sp³-hybridized carbons (Fsp3) is 0.150. The van der Waals surface area contributed by atoms with Crippen LogP contribution in [0.3, 0.4) is 0 Å². The number of hydrogen-bond acceptors (Lipinski definition) is 3. The molecule has 7 heteroatoms. The third-order valence-corrected chi connectivity index (χ3v) is 4.97. The average Bonchev–Trinajstić information content (AvgIpc) is 2.69. The lowest BCUT2D eigenvalue weighted by atomic mass is 10.1. The van der Waals surface area contributed by atoms with Crippen molar-refractivity contribution in [1.82, 2.24) is 14.9 Å². The number of carbonyl (C=O) groups excluding carboxylic acids is 1. The Morgan fingerprint density at radius 1 is 1.07 bits per heavy atom. The second kappa shape index (κ2) is 7.25. The quantitative estimate of drug-likeness (QED) is 0.620. The van der Waals surface area contributed by atoms with Crippen LogP contribution in [0.15, 0.2) is 48.7 Å². The van der Waals surface area contributed by atoms with Crippen molar-refractivity contribution < 1.29 is 9.18 Å². The zero-order valence-corrected chi connectivity index (χ0v) is 15.6. The molecule has 0 saturated heterocycles. The predicted octanol–water partition coefficient (Wildman–Crippen LogP) is 4.79. The second-order valence-corrected chi connectivity index (χ2v) is 7.15. The van der Waals surface area contributed by atoms with E-state index in [1.54, 1.807) is 23.2 Å². The van der Waals surface area contributed by atoms with Gasteiger partial charge in [0.05, 0.1) is 11.3 Å². The topological polar surface area (TPSA) is 46.1 Å². The lowest BCUT2D eigenvalue weighted by Crippen LogP contribution is -2.37. The van der Waals surface area contributed by atoms with Crippen molar-refractivity contribution in [3.8, 4) is 11.4 Å². The number of carbonyl (C=O) groups is 1. The Kier molecular flexibility index (Phi) is 4.81. The first-order valence-corrected chi connectivity index (χ1v) is 9.12. The number of halogens is 3. The molecule has 0 unspecified atom stereocenters. The highest BCUT2D eigenvalue weighted by Gasteiger charge is 2.25. The van der Waals surface area contributed by atoms with Gasteiger partial charge in [-0.1, -0.05) is 23.2 Å². The highest BCUT2D eigenvalue weighted by atomic mass is 35.5. The van der Waals surface area contributed by atoms with Crippen LogP contribution in [0.5, 0.6) is 0 Å². The van der Waals surface area contributed by atoms with Crippen molar-refractivity contribution >= 4 is 29.1 Å². The van der Waals surface area contributed by atoms with Crippen LogP contribution in [-0.2, 0) is 13.0 Å². The van der Waals surface area contributed by atoms with Gasteiger partial charge in [-0.25, -0.2) is 14.4 Å². The van der Waals surface area contributed by atoms with Crippen molar-refractivity contribution in [3.05, 3.63) is 81.3 Å². The van der Waals surface area contributed by atoms with Gasteiger partial charge in [0.2, 0.25) is 0 Å². The van der Waals surface area contributed by atoms with E-state index in [0.717, 1.165) is 16.8 Å². The maximum absolute atomic E-state index is 14.0. The van der Waals surface area contributed by atoms with Gasteiger partial charge in [0.1, 0.15) is 5.82 Å². The van der Waals surface area contributed by atoms with Crippen LogP contribution >= 0.6 is 23.2 Å². The smallest absolute Gasteiger partial charge is 0.257 e. The number of hydrogen-bond donors (Lipinski definition) is 0. The fourth-order valence-corrected chi connectivity index (χ4v) is 3.36. The summed E-state index contributed by atoms with van der Waals surface area (Å²) >= 11 is 11.8. The minimum atomic E-state index is -0.579. The summed E-state index contributed by atoms with van der Waals surface area (Å²) in [5, 5.41) is 0.979. The fourth-order valence-electron chi connectivity index (χ4n) is 3.06. The van der Waals surface area contributed by atoms with Gasteiger partial charge in [0.25, 0.3) is 5.91 Å². The van der Waals surface area contributed by atoms with Gasteiger partial charge in [-0.2, -0.15) is 0 Å². The van der Waals surface area contributed by atoms with Crippen LogP contribution in [0.4, 0.5) is 4.39 Å². The Bertz CT molecular complexity index is 1020. The molecule has 4 rings (SSSR count). The third kappa shape index (κ3) is 3.66. The summed E-state index contributed by atoms with van der Waals surface area (Å²) < 4.78 is 14.0. The van der Waals surface area contributed by atoms with Crippen LogP contribution in [0, 0.1) is 5.82 Å². The number of aromatic nitrogens is 2. The molecule has 4 nitrogen and oxygen atoms in total. The summed E-state index contributed by atoms with van der Waals surface area (Å²) in [6, 6.07) is 11.3. The Balaban J connectivity index is 1.58. The normalized spacial score (nSPS) is 13.4.